The number of Topliss-reactive ketones (excluding diaryl/α,β-unsaturated/α-hetero) is 1. The summed E-state index contributed by atoms with van der Waals surface area (Å²) in [6.07, 6.45) is 0.265. The van der Waals surface area contributed by atoms with Crippen molar-refractivity contribution in [2.45, 2.75) is 89.3 Å². The Morgan fingerprint density at radius 1 is 1.39 bits per heavy atom. The fourth-order valence-electron chi connectivity index (χ4n) is 7.65. The van der Waals surface area contributed by atoms with Gasteiger partial charge in [0.05, 0.1) is 5.92 Å². The van der Waals surface area contributed by atoms with Crippen molar-refractivity contribution in [2.75, 3.05) is 0 Å². The number of esters is 2. The molecule has 10 unspecified atom stereocenters. The summed E-state index contributed by atoms with van der Waals surface area (Å²) in [7, 11) is 0. The molecule has 7 nitrogen and oxygen atoms in total. The maximum atomic E-state index is 13.2. The molecule has 31 heavy (non-hydrogen) atoms. The summed E-state index contributed by atoms with van der Waals surface area (Å²) in [6.45, 7) is 13.2. The standard InChI is InChI=1S/C24H32O7/c1-7-11(2)18(26)29-17-13(4)10-23-19(27)21(6)16-15(24(17,23)31-23)12(3)8-9-22(16,14(5)25)20(28)30-21/h11,13,15-17,19,27H,3,7-10H2,1-2,4-6H3. The number of hydrogen-bond acceptors (Lipinski definition) is 7. The van der Waals surface area contributed by atoms with E-state index in [1.165, 1.54) is 6.92 Å². The maximum absolute atomic E-state index is 13.2. The topological polar surface area (TPSA) is 102 Å². The van der Waals surface area contributed by atoms with E-state index in [0.717, 1.165) is 5.57 Å². The number of aliphatic hydroxyl groups is 1. The minimum Gasteiger partial charge on any atom is -0.459 e. The monoisotopic (exact) mass is 432 g/mol. The Bertz CT molecular complexity index is 912. The van der Waals surface area contributed by atoms with E-state index in [9.17, 15) is 19.5 Å². The highest BCUT2D eigenvalue weighted by molar-refractivity contribution is 6.05. The Labute approximate surface area is 182 Å². The number of carbonyl (C=O) groups is 3. The molecular weight excluding hydrogens is 400 g/mol. The lowest BCUT2D eigenvalue weighted by atomic mass is 9.47. The second-order valence-corrected chi connectivity index (χ2v) is 10.7. The van der Waals surface area contributed by atoms with Crippen LogP contribution in [0.25, 0.3) is 0 Å². The first-order valence-corrected chi connectivity index (χ1v) is 11.4. The highest BCUT2D eigenvalue weighted by atomic mass is 16.7. The third kappa shape index (κ3) is 2.06. The number of rotatable bonds is 4. The first-order chi connectivity index (χ1) is 14.4. The van der Waals surface area contributed by atoms with Gasteiger partial charge in [-0.25, -0.2) is 0 Å². The van der Waals surface area contributed by atoms with E-state index >= 15 is 0 Å². The molecule has 2 heterocycles. The minimum atomic E-state index is -1.33. The third-order valence-corrected chi connectivity index (χ3v) is 9.31. The van der Waals surface area contributed by atoms with Crippen molar-refractivity contribution in [1.82, 2.24) is 0 Å². The molecule has 0 radical (unpaired) electrons. The molecular formula is C24H32O7. The Kier molecular flexibility index (Phi) is 4.08. The van der Waals surface area contributed by atoms with E-state index in [2.05, 4.69) is 6.58 Å². The zero-order valence-corrected chi connectivity index (χ0v) is 18.9. The van der Waals surface area contributed by atoms with E-state index in [4.69, 9.17) is 14.2 Å². The molecule has 5 rings (SSSR count). The Balaban J connectivity index is 1.66. The smallest absolute Gasteiger partial charge is 0.320 e. The van der Waals surface area contributed by atoms with Gasteiger partial charge < -0.3 is 19.3 Å². The minimum absolute atomic E-state index is 0.0454. The van der Waals surface area contributed by atoms with Crippen LogP contribution in [0, 0.1) is 29.1 Å². The molecule has 0 aromatic heterocycles. The first kappa shape index (κ1) is 21.1. The van der Waals surface area contributed by atoms with Gasteiger partial charge in [-0.3, -0.25) is 14.4 Å². The van der Waals surface area contributed by atoms with Gasteiger partial charge in [0, 0.05) is 11.8 Å². The van der Waals surface area contributed by atoms with Crippen LogP contribution in [0.5, 0.6) is 0 Å². The Morgan fingerprint density at radius 2 is 2.06 bits per heavy atom. The highest BCUT2D eigenvalue weighted by Crippen LogP contribution is 2.79. The molecule has 7 heteroatoms. The van der Waals surface area contributed by atoms with Gasteiger partial charge in [-0.1, -0.05) is 32.9 Å². The van der Waals surface area contributed by atoms with Crippen LogP contribution in [0.3, 0.4) is 0 Å². The predicted octanol–water partition coefficient (Wildman–Crippen LogP) is 2.34. The van der Waals surface area contributed by atoms with Crippen molar-refractivity contribution in [3.05, 3.63) is 12.2 Å². The van der Waals surface area contributed by atoms with Crippen molar-refractivity contribution < 1.29 is 33.7 Å². The molecule has 0 spiro atoms. The second kappa shape index (κ2) is 5.98. The lowest BCUT2D eigenvalue weighted by molar-refractivity contribution is -0.173. The predicted molar refractivity (Wildman–Crippen MR) is 109 cm³/mol. The number of epoxide rings is 1. The van der Waals surface area contributed by atoms with Gasteiger partial charge in [0.1, 0.15) is 40.2 Å². The second-order valence-electron chi connectivity index (χ2n) is 10.7. The molecule has 0 aromatic rings. The molecule has 5 aliphatic rings. The molecule has 5 fully saturated rings. The van der Waals surface area contributed by atoms with E-state index in [-0.39, 0.29) is 23.6 Å². The molecule has 3 aliphatic carbocycles. The molecule has 0 bridgehead atoms. The average Bonchev–Trinajstić information content (AvgIpc) is 3.23. The van der Waals surface area contributed by atoms with Gasteiger partial charge in [-0.2, -0.15) is 0 Å². The average molecular weight is 433 g/mol. The summed E-state index contributed by atoms with van der Waals surface area (Å²) < 4.78 is 18.3. The van der Waals surface area contributed by atoms with Crippen molar-refractivity contribution in [2.24, 2.45) is 29.1 Å². The largest absolute Gasteiger partial charge is 0.459 e. The molecule has 170 valence electrons. The summed E-state index contributed by atoms with van der Waals surface area (Å²) in [5.41, 5.74) is -3.67. The number of aliphatic hydroxyl groups excluding tert-OH is 1. The van der Waals surface area contributed by atoms with Crippen molar-refractivity contribution >= 4 is 17.7 Å². The summed E-state index contributed by atoms with van der Waals surface area (Å²) in [6, 6.07) is 0. The Morgan fingerprint density at radius 3 is 2.68 bits per heavy atom. The highest BCUT2D eigenvalue weighted by Gasteiger charge is 2.94. The first-order valence-electron chi connectivity index (χ1n) is 11.4. The third-order valence-electron chi connectivity index (χ3n) is 9.31. The van der Waals surface area contributed by atoms with Crippen LogP contribution in [0.4, 0.5) is 0 Å². The zero-order valence-electron chi connectivity index (χ0n) is 18.9. The van der Waals surface area contributed by atoms with Gasteiger partial charge in [0.2, 0.25) is 0 Å². The Hall–Kier alpha value is -1.73. The molecule has 3 saturated carbocycles. The van der Waals surface area contributed by atoms with Crippen LogP contribution < -0.4 is 0 Å². The molecule has 2 saturated heterocycles. The molecule has 0 aromatic carbocycles. The lowest BCUT2D eigenvalue weighted by Gasteiger charge is -2.52. The molecule has 1 N–H and O–H groups in total. The van der Waals surface area contributed by atoms with Crippen molar-refractivity contribution in [1.29, 1.82) is 0 Å². The maximum Gasteiger partial charge on any atom is 0.320 e. The van der Waals surface area contributed by atoms with E-state index in [0.29, 0.717) is 25.7 Å². The number of carbonyl (C=O) groups excluding carboxylic acids is 3. The van der Waals surface area contributed by atoms with E-state index < -0.39 is 52.2 Å². The van der Waals surface area contributed by atoms with Crippen LogP contribution >= 0.6 is 0 Å². The SMILES string of the molecule is C=C1CCC2(C(C)=O)C(=O)OC3(C)C2C1C12OC1(CC(C)C2OC(=O)C(C)CC)C3O. The molecule has 2 aliphatic heterocycles. The fraction of sp³-hybridized carbons (Fsp3) is 0.792. The van der Waals surface area contributed by atoms with Crippen LogP contribution in [0.15, 0.2) is 12.2 Å². The van der Waals surface area contributed by atoms with Gasteiger partial charge >= 0.3 is 11.9 Å². The van der Waals surface area contributed by atoms with Gasteiger partial charge in [-0.15, -0.1) is 0 Å². The quantitative estimate of drug-likeness (QED) is 0.315. The fourth-order valence-corrected chi connectivity index (χ4v) is 7.65. The van der Waals surface area contributed by atoms with Gasteiger partial charge in [-0.05, 0) is 45.4 Å². The molecule has 0 amide bonds. The summed E-state index contributed by atoms with van der Waals surface area (Å²) in [4.78, 5) is 38.8. The van der Waals surface area contributed by atoms with E-state index in [1.807, 2.05) is 20.8 Å². The summed E-state index contributed by atoms with van der Waals surface area (Å²) >= 11 is 0. The van der Waals surface area contributed by atoms with Crippen LogP contribution in [-0.2, 0) is 28.6 Å². The van der Waals surface area contributed by atoms with Crippen LogP contribution in [-0.4, -0.2) is 51.8 Å². The summed E-state index contributed by atoms with van der Waals surface area (Å²) in [5.74, 6) is -2.41. The van der Waals surface area contributed by atoms with Crippen molar-refractivity contribution in [3.63, 3.8) is 0 Å². The number of ketones is 1. The zero-order chi connectivity index (χ0) is 22.7. The van der Waals surface area contributed by atoms with Crippen LogP contribution in [0.1, 0.15) is 60.3 Å². The van der Waals surface area contributed by atoms with Crippen LogP contribution in [0.2, 0.25) is 0 Å². The summed E-state index contributed by atoms with van der Waals surface area (Å²) in [5, 5.41) is 11.6. The normalized spacial score (nSPS) is 52.5. The van der Waals surface area contributed by atoms with Crippen molar-refractivity contribution in [3.8, 4) is 0 Å². The van der Waals surface area contributed by atoms with E-state index in [1.54, 1.807) is 6.92 Å². The molecule has 10 atom stereocenters. The number of hydrogen-bond donors (Lipinski definition) is 1. The van der Waals surface area contributed by atoms with Gasteiger partial charge in [0.25, 0.3) is 0 Å². The van der Waals surface area contributed by atoms with Gasteiger partial charge in [0.15, 0.2) is 0 Å². The lowest BCUT2D eigenvalue weighted by Crippen LogP contribution is -2.67. The number of ether oxygens (including phenoxy) is 3.